The van der Waals surface area contributed by atoms with Gasteiger partial charge in [0.25, 0.3) is 0 Å². The van der Waals surface area contributed by atoms with Crippen LogP contribution in [0.1, 0.15) is 96.8 Å². The Hall–Kier alpha value is 0.0200. The zero-order valence-corrected chi connectivity index (χ0v) is 14.5. The first-order valence-electron chi connectivity index (χ1n) is 9.09. The van der Waals surface area contributed by atoms with Gasteiger partial charge in [0.1, 0.15) is 0 Å². The molecule has 1 aliphatic heterocycles. The lowest BCUT2D eigenvalue weighted by Crippen LogP contribution is -1.88. The van der Waals surface area contributed by atoms with E-state index < -0.39 is 0 Å². The van der Waals surface area contributed by atoms with Gasteiger partial charge in [0.2, 0.25) is 0 Å². The molecule has 1 rings (SSSR count). The van der Waals surface area contributed by atoms with Gasteiger partial charge in [-0.15, -0.1) is 11.8 Å². The third-order valence-electron chi connectivity index (χ3n) is 4.14. The highest BCUT2D eigenvalue weighted by Crippen LogP contribution is 2.18. The second-order valence-electron chi connectivity index (χ2n) is 6.12. The van der Waals surface area contributed by atoms with Crippen molar-refractivity contribution in [2.45, 2.75) is 96.8 Å². The van der Waals surface area contributed by atoms with Gasteiger partial charge in [-0.25, -0.2) is 0 Å². The van der Waals surface area contributed by atoms with E-state index in [-0.39, 0.29) is 0 Å². The summed E-state index contributed by atoms with van der Waals surface area (Å²) in [6, 6.07) is 0. The van der Waals surface area contributed by atoms with E-state index in [4.69, 9.17) is 0 Å². The molecule has 1 aliphatic rings. The minimum Gasteiger partial charge on any atom is -0.282 e. The van der Waals surface area contributed by atoms with Gasteiger partial charge >= 0.3 is 0 Å². The third kappa shape index (κ3) is 10.8. The maximum absolute atomic E-state index is 4.51. The van der Waals surface area contributed by atoms with Crippen LogP contribution in [0, 0.1) is 0 Å². The summed E-state index contributed by atoms with van der Waals surface area (Å²) in [6.07, 6.45) is 20.0. The summed E-state index contributed by atoms with van der Waals surface area (Å²) in [5.41, 5.74) is 0. The van der Waals surface area contributed by atoms with E-state index in [9.17, 15) is 0 Å². The van der Waals surface area contributed by atoms with Gasteiger partial charge in [0.15, 0.2) is 0 Å². The molecular weight excluding hydrogens is 262 g/mol. The number of thioether (sulfide) groups is 1. The zero-order chi connectivity index (χ0) is 14.3. The van der Waals surface area contributed by atoms with Crippen molar-refractivity contribution >= 4 is 16.8 Å². The van der Waals surface area contributed by atoms with E-state index in [2.05, 4.69) is 11.9 Å². The molecule has 0 aromatic rings. The number of nitrogens with zero attached hydrogens (tertiary/aromatic N) is 1. The lowest BCUT2D eigenvalue weighted by molar-refractivity contribution is 0.541. The minimum atomic E-state index is 1.07. The van der Waals surface area contributed by atoms with E-state index in [1.807, 2.05) is 11.8 Å². The van der Waals surface area contributed by atoms with Gasteiger partial charge in [0.05, 0.1) is 5.04 Å². The van der Waals surface area contributed by atoms with Crippen molar-refractivity contribution < 1.29 is 0 Å². The van der Waals surface area contributed by atoms with Crippen LogP contribution < -0.4 is 0 Å². The Kier molecular flexibility index (Phi) is 12.6. The number of hydrogen-bond acceptors (Lipinski definition) is 2. The summed E-state index contributed by atoms with van der Waals surface area (Å²) in [5.74, 6) is 1.23. The molecule has 0 amide bonds. The van der Waals surface area contributed by atoms with Gasteiger partial charge < -0.3 is 0 Å². The fourth-order valence-corrected chi connectivity index (χ4v) is 3.71. The molecule has 118 valence electrons. The molecule has 0 aromatic carbocycles. The molecule has 1 heterocycles. The predicted molar refractivity (Wildman–Crippen MR) is 95.1 cm³/mol. The Bertz CT molecular complexity index is 238. The van der Waals surface area contributed by atoms with Crippen molar-refractivity contribution in [2.75, 3.05) is 12.3 Å². The van der Waals surface area contributed by atoms with E-state index in [0.717, 1.165) is 6.54 Å². The Morgan fingerprint density at radius 1 is 0.750 bits per heavy atom. The molecule has 0 aromatic heterocycles. The van der Waals surface area contributed by atoms with Crippen molar-refractivity contribution in [3.63, 3.8) is 0 Å². The first-order chi connectivity index (χ1) is 9.93. The van der Waals surface area contributed by atoms with Crippen LogP contribution in [0.25, 0.3) is 0 Å². The van der Waals surface area contributed by atoms with Crippen LogP contribution in [0.2, 0.25) is 0 Å². The fourth-order valence-electron chi connectivity index (χ4n) is 2.82. The van der Waals surface area contributed by atoms with Crippen molar-refractivity contribution in [2.24, 2.45) is 4.99 Å². The summed E-state index contributed by atoms with van der Waals surface area (Å²) >= 11 is 1.98. The molecule has 0 atom stereocenters. The zero-order valence-electron chi connectivity index (χ0n) is 13.7. The van der Waals surface area contributed by atoms with E-state index in [1.165, 1.54) is 101 Å². The maximum Gasteiger partial charge on any atom is 0.0676 e. The number of aliphatic imine (C=N–C) groups is 1. The highest BCUT2D eigenvalue weighted by molar-refractivity contribution is 8.14. The van der Waals surface area contributed by atoms with Crippen molar-refractivity contribution in [3.05, 3.63) is 0 Å². The molecule has 20 heavy (non-hydrogen) atoms. The molecule has 0 unspecified atom stereocenters. The molecule has 0 radical (unpaired) electrons. The molecular formula is C18H35NS. The van der Waals surface area contributed by atoms with Crippen molar-refractivity contribution in [1.29, 1.82) is 0 Å². The lowest BCUT2D eigenvalue weighted by Gasteiger charge is -2.03. The van der Waals surface area contributed by atoms with Gasteiger partial charge in [-0.1, -0.05) is 84.0 Å². The van der Waals surface area contributed by atoms with Crippen LogP contribution in [-0.2, 0) is 0 Å². The highest BCUT2D eigenvalue weighted by atomic mass is 32.2. The molecule has 0 spiro atoms. The second-order valence-corrected chi connectivity index (χ2v) is 7.28. The molecule has 0 saturated carbocycles. The van der Waals surface area contributed by atoms with Crippen molar-refractivity contribution in [1.82, 2.24) is 0 Å². The SMILES string of the molecule is CCCCCCCCCCCCCCCC1=NCCS1. The molecule has 1 nitrogen and oxygen atoms in total. The summed E-state index contributed by atoms with van der Waals surface area (Å²) in [7, 11) is 0. The van der Waals surface area contributed by atoms with Crippen molar-refractivity contribution in [3.8, 4) is 0 Å². The lowest BCUT2D eigenvalue weighted by atomic mass is 10.0. The monoisotopic (exact) mass is 297 g/mol. The summed E-state index contributed by atoms with van der Waals surface area (Å²) < 4.78 is 0. The smallest absolute Gasteiger partial charge is 0.0676 e. The Balaban J connectivity index is 1.68. The topological polar surface area (TPSA) is 12.4 Å². The number of rotatable bonds is 14. The van der Waals surface area contributed by atoms with E-state index in [0.29, 0.717) is 0 Å². The average molecular weight is 298 g/mol. The minimum absolute atomic E-state index is 1.07. The Morgan fingerprint density at radius 3 is 1.70 bits per heavy atom. The largest absolute Gasteiger partial charge is 0.282 e. The van der Waals surface area contributed by atoms with E-state index >= 15 is 0 Å². The normalized spacial score (nSPS) is 14.8. The Labute approximate surface area is 131 Å². The first kappa shape index (κ1) is 18.1. The number of hydrogen-bond donors (Lipinski definition) is 0. The maximum atomic E-state index is 4.51. The van der Waals surface area contributed by atoms with Gasteiger partial charge in [-0.2, -0.15) is 0 Å². The third-order valence-corrected chi connectivity index (χ3v) is 5.20. The molecule has 0 fully saturated rings. The average Bonchev–Trinajstić information content (AvgIpc) is 2.97. The summed E-state index contributed by atoms with van der Waals surface area (Å²) in [6.45, 7) is 3.36. The van der Waals surface area contributed by atoms with Crippen LogP contribution in [0.15, 0.2) is 4.99 Å². The van der Waals surface area contributed by atoms with E-state index in [1.54, 1.807) is 0 Å². The Morgan fingerprint density at radius 2 is 1.25 bits per heavy atom. The van der Waals surface area contributed by atoms with Gasteiger partial charge in [-0.3, -0.25) is 4.99 Å². The fraction of sp³-hybridized carbons (Fsp3) is 0.944. The standard InChI is InChI=1S/C18H35NS/c1-2-3-4-5-6-7-8-9-10-11-12-13-14-15-18-19-16-17-20-18/h2-17H2,1H3. The first-order valence-corrected chi connectivity index (χ1v) is 10.1. The van der Waals surface area contributed by atoms with Gasteiger partial charge in [-0.05, 0) is 12.8 Å². The van der Waals surface area contributed by atoms with Crippen LogP contribution in [-0.4, -0.2) is 17.3 Å². The van der Waals surface area contributed by atoms with Crippen LogP contribution in [0.3, 0.4) is 0 Å². The van der Waals surface area contributed by atoms with Crippen LogP contribution in [0.5, 0.6) is 0 Å². The van der Waals surface area contributed by atoms with Crippen LogP contribution >= 0.6 is 11.8 Å². The van der Waals surface area contributed by atoms with Gasteiger partial charge in [0, 0.05) is 12.3 Å². The highest BCUT2D eigenvalue weighted by Gasteiger charge is 2.05. The number of unbranched alkanes of at least 4 members (excludes halogenated alkanes) is 12. The second kappa shape index (κ2) is 14.0. The van der Waals surface area contributed by atoms with Crippen LogP contribution in [0.4, 0.5) is 0 Å². The quantitative estimate of drug-likeness (QED) is 0.328. The summed E-state index contributed by atoms with van der Waals surface area (Å²) in [4.78, 5) is 4.51. The summed E-state index contributed by atoms with van der Waals surface area (Å²) in [5, 5.41) is 1.42. The molecule has 0 bridgehead atoms. The molecule has 0 N–H and O–H groups in total. The molecule has 0 aliphatic carbocycles. The predicted octanol–water partition coefficient (Wildman–Crippen LogP) is 6.61. The molecule has 0 saturated heterocycles. The molecule has 2 heteroatoms.